The number of nitro benzene ring substituents is 1. The van der Waals surface area contributed by atoms with Crippen molar-refractivity contribution in [3.05, 3.63) is 75.3 Å². The Hall–Kier alpha value is -3.33. The first-order chi connectivity index (χ1) is 12.1. The summed E-state index contributed by atoms with van der Waals surface area (Å²) in [6, 6.07) is 14.2. The van der Waals surface area contributed by atoms with E-state index >= 15 is 0 Å². The fourth-order valence-electron chi connectivity index (χ4n) is 2.12. The number of hydrogen-bond acceptors (Lipinski definition) is 4. The third-order valence-electron chi connectivity index (χ3n) is 3.39. The lowest BCUT2D eigenvalue weighted by Crippen LogP contribution is -2.24. The van der Waals surface area contributed by atoms with Crippen LogP contribution in [0.3, 0.4) is 0 Å². The van der Waals surface area contributed by atoms with Crippen LogP contribution in [0.5, 0.6) is 0 Å². The minimum Gasteiger partial charge on any atom is -0.445 e. The van der Waals surface area contributed by atoms with Crippen molar-refractivity contribution in [2.75, 3.05) is 6.54 Å². The van der Waals surface area contributed by atoms with Crippen LogP contribution in [0.25, 0.3) is 0 Å². The van der Waals surface area contributed by atoms with E-state index in [-0.39, 0.29) is 12.3 Å². The number of alkyl carbamates (subject to hydrolysis) is 1. The minimum absolute atomic E-state index is 0.0114. The van der Waals surface area contributed by atoms with Crippen molar-refractivity contribution in [2.45, 2.75) is 20.0 Å². The van der Waals surface area contributed by atoms with Gasteiger partial charge in [0.1, 0.15) is 12.2 Å². The topological polar surface area (TPSA) is 81.5 Å². The number of aryl methyl sites for hydroxylation is 1. The lowest BCUT2D eigenvalue weighted by Gasteiger charge is -2.05. The maximum absolute atomic E-state index is 11.6. The Morgan fingerprint density at radius 1 is 1.20 bits per heavy atom. The van der Waals surface area contributed by atoms with E-state index in [1.807, 2.05) is 30.3 Å². The number of rotatable bonds is 5. The van der Waals surface area contributed by atoms with Crippen LogP contribution in [0.15, 0.2) is 48.5 Å². The van der Waals surface area contributed by atoms with Crippen molar-refractivity contribution in [2.24, 2.45) is 0 Å². The van der Waals surface area contributed by atoms with Gasteiger partial charge < -0.3 is 10.1 Å². The molecule has 0 heterocycles. The van der Waals surface area contributed by atoms with Gasteiger partial charge in [-0.05, 0) is 18.1 Å². The first-order valence-corrected chi connectivity index (χ1v) is 7.75. The molecule has 0 spiro atoms. The molecule has 6 heteroatoms. The van der Waals surface area contributed by atoms with Crippen molar-refractivity contribution in [3.8, 4) is 11.8 Å². The molecule has 0 aliphatic rings. The number of carbonyl (C=O) groups excluding carboxylic acids is 1. The first kappa shape index (κ1) is 18.0. The Labute approximate surface area is 146 Å². The Bertz CT molecular complexity index is 807. The minimum atomic E-state index is -0.521. The summed E-state index contributed by atoms with van der Waals surface area (Å²) in [6.45, 7) is 2.28. The van der Waals surface area contributed by atoms with Gasteiger partial charge in [0, 0.05) is 19.0 Å². The fourth-order valence-corrected chi connectivity index (χ4v) is 2.12. The van der Waals surface area contributed by atoms with Crippen molar-refractivity contribution in [3.63, 3.8) is 0 Å². The predicted octanol–water partition coefficient (Wildman–Crippen LogP) is 3.57. The number of amides is 1. The standard InChI is InChI=1S/C19H18N2O4/c1-15-8-7-12-18(21(23)24)17(15)11-5-6-13-20-19(22)25-14-16-9-3-2-4-10-16/h2-4,7-10,12H,6,13-14H2,1H3,(H,20,22). The maximum atomic E-state index is 11.6. The molecule has 0 bridgehead atoms. The highest BCUT2D eigenvalue weighted by molar-refractivity contribution is 5.67. The van der Waals surface area contributed by atoms with E-state index in [1.165, 1.54) is 6.07 Å². The van der Waals surface area contributed by atoms with E-state index in [0.29, 0.717) is 18.5 Å². The zero-order valence-electron chi connectivity index (χ0n) is 13.8. The van der Waals surface area contributed by atoms with Crippen LogP contribution in [-0.4, -0.2) is 17.6 Å². The molecule has 0 atom stereocenters. The molecule has 0 unspecified atom stereocenters. The van der Waals surface area contributed by atoms with Gasteiger partial charge in [-0.15, -0.1) is 0 Å². The molecule has 0 saturated carbocycles. The summed E-state index contributed by atoms with van der Waals surface area (Å²) in [7, 11) is 0. The van der Waals surface area contributed by atoms with Crippen LogP contribution in [-0.2, 0) is 11.3 Å². The monoisotopic (exact) mass is 338 g/mol. The molecule has 128 valence electrons. The second kappa shape index (κ2) is 9.08. The largest absolute Gasteiger partial charge is 0.445 e. The molecule has 2 aromatic carbocycles. The van der Waals surface area contributed by atoms with Gasteiger partial charge in [0.05, 0.1) is 4.92 Å². The quantitative estimate of drug-likeness (QED) is 0.391. The average Bonchev–Trinajstić information content (AvgIpc) is 2.61. The smallest absolute Gasteiger partial charge is 0.407 e. The van der Waals surface area contributed by atoms with Crippen LogP contribution >= 0.6 is 0 Å². The highest BCUT2D eigenvalue weighted by Gasteiger charge is 2.12. The molecule has 6 nitrogen and oxygen atoms in total. The molecule has 2 rings (SSSR count). The van der Waals surface area contributed by atoms with Gasteiger partial charge in [0.25, 0.3) is 5.69 Å². The van der Waals surface area contributed by atoms with Crippen LogP contribution < -0.4 is 5.32 Å². The van der Waals surface area contributed by atoms with Crippen LogP contribution in [0.2, 0.25) is 0 Å². The number of carbonyl (C=O) groups is 1. The predicted molar refractivity (Wildman–Crippen MR) is 94.0 cm³/mol. The van der Waals surface area contributed by atoms with E-state index < -0.39 is 11.0 Å². The van der Waals surface area contributed by atoms with Crippen LogP contribution in [0.4, 0.5) is 10.5 Å². The Balaban J connectivity index is 1.79. The summed E-state index contributed by atoms with van der Waals surface area (Å²) < 4.78 is 5.08. The zero-order valence-corrected chi connectivity index (χ0v) is 13.8. The van der Waals surface area contributed by atoms with Gasteiger partial charge in [0.15, 0.2) is 0 Å². The van der Waals surface area contributed by atoms with E-state index in [1.54, 1.807) is 19.1 Å². The number of nitrogens with zero attached hydrogens (tertiary/aromatic N) is 1. The molecule has 0 radical (unpaired) electrons. The summed E-state index contributed by atoms with van der Waals surface area (Å²) in [5.41, 5.74) is 2.04. The molecule has 1 N–H and O–H groups in total. The van der Waals surface area contributed by atoms with Crippen molar-refractivity contribution < 1.29 is 14.5 Å². The number of hydrogen-bond donors (Lipinski definition) is 1. The summed E-state index contributed by atoms with van der Waals surface area (Å²) in [4.78, 5) is 22.1. The molecule has 0 saturated heterocycles. The summed E-state index contributed by atoms with van der Waals surface area (Å²) >= 11 is 0. The van der Waals surface area contributed by atoms with E-state index in [2.05, 4.69) is 17.2 Å². The van der Waals surface area contributed by atoms with Gasteiger partial charge in [-0.25, -0.2) is 4.79 Å². The van der Waals surface area contributed by atoms with Crippen molar-refractivity contribution in [1.29, 1.82) is 0 Å². The molecule has 0 aliphatic carbocycles. The van der Waals surface area contributed by atoms with E-state index in [9.17, 15) is 14.9 Å². The molecule has 1 amide bonds. The van der Waals surface area contributed by atoms with Crippen LogP contribution in [0, 0.1) is 28.9 Å². The molecule has 0 aliphatic heterocycles. The summed E-state index contributed by atoms with van der Waals surface area (Å²) in [5.74, 6) is 5.65. The highest BCUT2D eigenvalue weighted by atomic mass is 16.6. The van der Waals surface area contributed by atoms with Crippen molar-refractivity contribution in [1.82, 2.24) is 5.32 Å². The second-order valence-electron chi connectivity index (χ2n) is 5.27. The van der Waals surface area contributed by atoms with Gasteiger partial charge in [-0.2, -0.15) is 0 Å². The van der Waals surface area contributed by atoms with E-state index in [4.69, 9.17) is 4.74 Å². The Morgan fingerprint density at radius 2 is 1.96 bits per heavy atom. The maximum Gasteiger partial charge on any atom is 0.407 e. The lowest BCUT2D eigenvalue weighted by molar-refractivity contribution is -0.385. The van der Waals surface area contributed by atoms with Gasteiger partial charge >= 0.3 is 6.09 Å². The molecular weight excluding hydrogens is 320 g/mol. The van der Waals surface area contributed by atoms with Gasteiger partial charge in [-0.3, -0.25) is 10.1 Å². The first-order valence-electron chi connectivity index (χ1n) is 7.75. The Morgan fingerprint density at radius 3 is 2.68 bits per heavy atom. The Kier molecular flexibility index (Phi) is 6.55. The third-order valence-corrected chi connectivity index (χ3v) is 3.39. The third kappa shape index (κ3) is 5.66. The van der Waals surface area contributed by atoms with Gasteiger partial charge in [0.2, 0.25) is 0 Å². The fraction of sp³-hybridized carbons (Fsp3) is 0.211. The number of ether oxygens (including phenoxy) is 1. The van der Waals surface area contributed by atoms with Crippen molar-refractivity contribution >= 4 is 11.8 Å². The molecule has 25 heavy (non-hydrogen) atoms. The number of benzene rings is 2. The zero-order chi connectivity index (χ0) is 18.1. The summed E-state index contributed by atoms with van der Waals surface area (Å²) in [5, 5.41) is 13.6. The SMILES string of the molecule is Cc1cccc([N+](=O)[O-])c1C#CCCNC(=O)OCc1ccccc1. The highest BCUT2D eigenvalue weighted by Crippen LogP contribution is 2.20. The molecule has 2 aromatic rings. The summed E-state index contributed by atoms with van der Waals surface area (Å²) in [6.07, 6.45) is -0.154. The molecule has 0 aromatic heterocycles. The van der Waals surface area contributed by atoms with E-state index in [0.717, 1.165) is 11.1 Å². The lowest BCUT2D eigenvalue weighted by atomic mass is 10.1. The van der Waals surface area contributed by atoms with Gasteiger partial charge in [-0.1, -0.05) is 54.3 Å². The van der Waals surface area contributed by atoms with Crippen LogP contribution in [0.1, 0.15) is 23.1 Å². The number of nitrogens with one attached hydrogen (secondary N) is 1. The average molecular weight is 338 g/mol. The second-order valence-corrected chi connectivity index (χ2v) is 5.27. The molecule has 0 fully saturated rings. The normalized spacial score (nSPS) is 9.64. The molecular formula is C19H18N2O4. The number of nitro groups is 1.